The topological polar surface area (TPSA) is 18.5 Å². The number of benzene rings is 1. The molecule has 228 valence electrons. The van der Waals surface area contributed by atoms with E-state index >= 15 is 0 Å². The fourth-order valence-corrected chi connectivity index (χ4v) is 6.44. The number of hydrogen-bond acceptors (Lipinski definition) is 2. The van der Waals surface area contributed by atoms with E-state index in [1.54, 1.807) is 14.2 Å². The van der Waals surface area contributed by atoms with Crippen LogP contribution < -0.4 is 9.47 Å². The molecular weight excluding hydrogens is 488 g/mol. The molecule has 2 nitrogen and oxygen atoms in total. The Morgan fingerprint density at radius 1 is 0.775 bits per heavy atom. The number of aryl methyl sites for hydroxylation is 1. The summed E-state index contributed by atoms with van der Waals surface area (Å²) in [5.41, 5.74) is 3.76. The Balaban J connectivity index is 1.71. The summed E-state index contributed by atoms with van der Waals surface area (Å²) in [6, 6.07) is 4.27. The first-order valence-corrected chi connectivity index (χ1v) is 16.8. The van der Waals surface area contributed by atoms with Crippen molar-refractivity contribution in [3.05, 3.63) is 47.1 Å². The number of unbranched alkanes of at least 4 members (excludes halogenated alkanes) is 17. The lowest BCUT2D eigenvalue weighted by molar-refractivity contribution is 0.368. The smallest absolute Gasteiger partial charge is 0.126 e. The lowest BCUT2D eigenvalue weighted by Crippen LogP contribution is -2.18. The molecule has 0 aromatic heterocycles. The summed E-state index contributed by atoms with van der Waals surface area (Å²) in [5.74, 6) is 1.29. The van der Waals surface area contributed by atoms with Gasteiger partial charge in [0.15, 0.2) is 0 Å². The maximum atomic E-state index is 7.98. The van der Waals surface area contributed by atoms with Gasteiger partial charge in [0, 0.05) is 15.6 Å². The molecule has 1 aromatic carbocycles. The molecule has 1 aromatic rings. The molecule has 1 aliphatic rings. The summed E-state index contributed by atoms with van der Waals surface area (Å²) >= 11 is 0. The highest BCUT2D eigenvalue weighted by atomic mass is 16.5. The summed E-state index contributed by atoms with van der Waals surface area (Å²) in [6.45, 7) is 6.25. The van der Waals surface area contributed by atoms with Crippen molar-refractivity contribution >= 4 is 0 Å². The summed E-state index contributed by atoms with van der Waals surface area (Å²) in [7, 11) is 3.40. The van der Waals surface area contributed by atoms with Gasteiger partial charge in [0.25, 0.3) is 0 Å². The highest BCUT2D eigenvalue weighted by molar-refractivity contribution is 5.53. The fraction of sp³-hybridized carbons (Fsp3) is 0.737. The summed E-state index contributed by atoms with van der Waals surface area (Å²) in [4.78, 5) is 0. The largest absolute Gasteiger partial charge is 0.496 e. The van der Waals surface area contributed by atoms with Crippen molar-refractivity contribution in [1.29, 1.82) is 0 Å². The van der Waals surface area contributed by atoms with Crippen molar-refractivity contribution in [3.8, 4) is 11.5 Å². The predicted molar refractivity (Wildman–Crippen MR) is 176 cm³/mol. The quantitative estimate of drug-likeness (QED) is 0.0987. The molecule has 0 saturated heterocycles. The Bertz CT molecular complexity index is 924. The van der Waals surface area contributed by atoms with Gasteiger partial charge in [0.05, 0.1) is 14.2 Å². The van der Waals surface area contributed by atoms with Crippen LogP contribution in [0.3, 0.4) is 0 Å². The number of hydrogen-bond donors (Lipinski definition) is 0. The van der Waals surface area contributed by atoms with Crippen molar-refractivity contribution in [2.45, 2.75) is 161 Å². The average molecular weight is 556 g/mol. The molecule has 0 aliphatic heterocycles. The third kappa shape index (κ3) is 12.9. The minimum absolute atomic E-state index is 0.120. The SMILES string of the molecule is [2H]C([2H])([2H])C(=C)[C@@H]1CCC(C)=C[C@H]1c1c(OC)cc(CCCCCCCCCCCCCCCCCCCC)cc1OC. The Morgan fingerprint density at radius 2 is 1.23 bits per heavy atom. The molecule has 2 atom stereocenters. The summed E-state index contributed by atoms with van der Waals surface area (Å²) < 4.78 is 35.7. The van der Waals surface area contributed by atoms with E-state index in [1.165, 1.54) is 120 Å². The molecular formula is C38H64O2. The van der Waals surface area contributed by atoms with Crippen LogP contribution in [0, 0.1) is 5.92 Å². The Hall–Kier alpha value is -1.70. The second-order valence-corrected chi connectivity index (χ2v) is 12.4. The third-order valence-corrected chi connectivity index (χ3v) is 8.95. The zero-order valence-corrected chi connectivity index (χ0v) is 26.8. The van der Waals surface area contributed by atoms with E-state index in [1.807, 2.05) is 0 Å². The van der Waals surface area contributed by atoms with Crippen molar-refractivity contribution in [1.82, 2.24) is 0 Å². The Morgan fingerprint density at radius 3 is 1.65 bits per heavy atom. The average Bonchev–Trinajstić information content (AvgIpc) is 2.99. The van der Waals surface area contributed by atoms with Crippen molar-refractivity contribution in [2.75, 3.05) is 14.2 Å². The molecule has 0 N–H and O–H groups in total. The number of methoxy groups -OCH3 is 2. The van der Waals surface area contributed by atoms with Gasteiger partial charge in [-0.15, -0.1) is 0 Å². The van der Waals surface area contributed by atoms with E-state index in [4.69, 9.17) is 13.6 Å². The minimum Gasteiger partial charge on any atom is -0.496 e. The zero-order valence-electron chi connectivity index (χ0n) is 29.8. The molecule has 0 bridgehead atoms. The summed E-state index contributed by atoms with van der Waals surface area (Å²) in [5, 5.41) is 0. The molecule has 0 fully saturated rings. The second-order valence-electron chi connectivity index (χ2n) is 12.4. The van der Waals surface area contributed by atoms with Gasteiger partial charge in [-0.1, -0.05) is 140 Å². The monoisotopic (exact) mass is 556 g/mol. The van der Waals surface area contributed by atoms with Gasteiger partial charge in [-0.2, -0.15) is 0 Å². The molecule has 0 heterocycles. The van der Waals surface area contributed by atoms with Crippen LogP contribution in [0.25, 0.3) is 0 Å². The standard InChI is InChI=1S/C38H64O2/c1-7-8-9-10-11-12-13-14-15-16-17-18-19-20-21-22-23-24-25-33-29-36(39-5)38(37(30-33)40-6)35-28-32(4)26-27-34(35)31(2)3/h28-30,34-35H,2,7-27H2,1,3-6H3/t34-,35+/m0/s1/i3D3. The minimum atomic E-state index is -2.17. The van der Waals surface area contributed by atoms with E-state index < -0.39 is 6.85 Å². The number of allylic oxidation sites excluding steroid dienone is 3. The highest BCUT2D eigenvalue weighted by Gasteiger charge is 2.30. The van der Waals surface area contributed by atoms with Crippen LogP contribution in [-0.4, -0.2) is 14.2 Å². The molecule has 0 saturated carbocycles. The number of ether oxygens (including phenoxy) is 2. The second kappa shape index (κ2) is 21.1. The lowest BCUT2D eigenvalue weighted by Gasteiger charge is -2.32. The van der Waals surface area contributed by atoms with Crippen LogP contribution >= 0.6 is 0 Å². The third-order valence-electron chi connectivity index (χ3n) is 8.95. The summed E-state index contributed by atoms with van der Waals surface area (Å²) in [6.07, 6.45) is 29.7. The van der Waals surface area contributed by atoms with Gasteiger partial charge in [-0.05, 0) is 63.1 Å². The van der Waals surface area contributed by atoms with Crippen molar-refractivity contribution in [2.24, 2.45) is 5.92 Å². The maximum absolute atomic E-state index is 7.98. The Labute approximate surface area is 253 Å². The van der Waals surface area contributed by atoms with E-state index in [-0.39, 0.29) is 11.8 Å². The molecule has 1 aliphatic carbocycles. The van der Waals surface area contributed by atoms with Crippen LogP contribution in [-0.2, 0) is 6.42 Å². The van der Waals surface area contributed by atoms with E-state index in [9.17, 15) is 0 Å². The van der Waals surface area contributed by atoms with E-state index in [0.29, 0.717) is 5.57 Å². The van der Waals surface area contributed by atoms with Gasteiger partial charge in [-0.25, -0.2) is 0 Å². The van der Waals surface area contributed by atoms with Crippen LogP contribution in [0.15, 0.2) is 35.9 Å². The van der Waals surface area contributed by atoms with Gasteiger partial charge >= 0.3 is 0 Å². The van der Waals surface area contributed by atoms with Crippen molar-refractivity contribution < 1.29 is 13.6 Å². The molecule has 2 heteroatoms. The van der Waals surface area contributed by atoms with Gasteiger partial charge < -0.3 is 9.47 Å². The highest BCUT2D eigenvalue weighted by Crippen LogP contribution is 2.47. The molecule has 0 spiro atoms. The van der Waals surface area contributed by atoms with Gasteiger partial charge in [0.1, 0.15) is 11.5 Å². The molecule has 0 amide bonds. The Kier molecular flexibility index (Phi) is 15.7. The number of rotatable bonds is 23. The maximum Gasteiger partial charge on any atom is 0.126 e. The molecule has 2 rings (SSSR count). The lowest BCUT2D eigenvalue weighted by atomic mass is 9.73. The van der Waals surface area contributed by atoms with Crippen LogP contribution in [0.1, 0.15) is 170 Å². The van der Waals surface area contributed by atoms with Crippen LogP contribution in [0.2, 0.25) is 0 Å². The van der Waals surface area contributed by atoms with E-state index in [2.05, 4.69) is 38.6 Å². The predicted octanol–water partition coefficient (Wildman–Crippen LogP) is 12.3. The van der Waals surface area contributed by atoms with Crippen molar-refractivity contribution in [3.63, 3.8) is 0 Å². The molecule has 0 unspecified atom stereocenters. The first kappa shape index (κ1) is 29.8. The van der Waals surface area contributed by atoms with Crippen LogP contribution in [0.5, 0.6) is 11.5 Å². The first-order chi connectivity index (χ1) is 20.7. The zero-order chi connectivity index (χ0) is 31.5. The molecule has 40 heavy (non-hydrogen) atoms. The normalized spacial score (nSPS) is 18.5. The van der Waals surface area contributed by atoms with Gasteiger partial charge in [0.2, 0.25) is 0 Å². The molecule has 0 radical (unpaired) electrons. The first-order valence-electron chi connectivity index (χ1n) is 18.3. The fourth-order valence-electron chi connectivity index (χ4n) is 6.44. The van der Waals surface area contributed by atoms with E-state index in [0.717, 1.165) is 42.7 Å². The van der Waals surface area contributed by atoms with Gasteiger partial charge in [-0.3, -0.25) is 0 Å². The van der Waals surface area contributed by atoms with Crippen LogP contribution in [0.4, 0.5) is 0 Å².